The van der Waals surface area contributed by atoms with Crippen LogP contribution in [0.1, 0.15) is 32.0 Å². The SMILES string of the molecule is N#CC1=C(N)O[C@]23c4ccccc4C(=O)[C@]12N(NC(=O)c1ccccn1)C(=S)N3Cc1ccccc1. The summed E-state index contributed by atoms with van der Waals surface area (Å²) in [6.45, 7) is 0.227. The third-order valence-electron chi connectivity index (χ3n) is 6.77. The van der Waals surface area contributed by atoms with Crippen molar-refractivity contribution in [1.29, 1.82) is 5.26 Å². The number of nitrogens with one attached hydrogen (secondary N) is 1. The zero-order valence-electron chi connectivity index (χ0n) is 18.7. The van der Waals surface area contributed by atoms with Crippen molar-refractivity contribution in [2.45, 2.75) is 17.8 Å². The van der Waals surface area contributed by atoms with Gasteiger partial charge in [0, 0.05) is 23.9 Å². The lowest BCUT2D eigenvalue weighted by Crippen LogP contribution is -2.63. The largest absolute Gasteiger partial charge is 0.444 e. The molecule has 0 radical (unpaired) electrons. The van der Waals surface area contributed by atoms with E-state index in [0.29, 0.717) is 11.1 Å². The van der Waals surface area contributed by atoms with Gasteiger partial charge in [-0.3, -0.25) is 24.9 Å². The molecule has 3 aliphatic rings. The Morgan fingerprint density at radius 1 is 1.11 bits per heavy atom. The molecule has 0 saturated carbocycles. The second-order valence-corrected chi connectivity index (χ2v) is 8.89. The molecule has 9 nitrogen and oxygen atoms in total. The van der Waals surface area contributed by atoms with Crippen LogP contribution in [0.3, 0.4) is 0 Å². The Kier molecular flexibility index (Phi) is 4.61. The number of carbonyl (C=O) groups excluding carboxylic acids is 2. The van der Waals surface area contributed by atoms with Gasteiger partial charge in [-0.2, -0.15) is 5.26 Å². The van der Waals surface area contributed by atoms with Crippen LogP contribution >= 0.6 is 12.2 Å². The predicted octanol–water partition coefficient (Wildman–Crippen LogP) is 2.34. The predicted molar refractivity (Wildman–Crippen MR) is 131 cm³/mol. The minimum absolute atomic E-state index is 0.103. The highest BCUT2D eigenvalue weighted by Crippen LogP contribution is 2.63. The maximum absolute atomic E-state index is 14.2. The van der Waals surface area contributed by atoms with Crippen LogP contribution in [0, 0.1) is 11.3 Å². The third-order valence-corrected chi connectivity index (χ3v) is 7.17. The highest BCUT2D eigenvalue weighted by atomic mass is 32.1. The average molecular weight is 495 g/mol. The fourth-order valence-corrected chi connectivity index (χ4v) is 5.72. The van der Waals surface area contributed by atoms with Crippen LogP contribution in [-0.2, 0) is 17.0 Å². The summed E-state index contributed by atoms with van der Waals surface area (Å²) in [4.78, 5) is 33.3. The number of nitrogens with two attached hydrogens (primary N) is 1. The van der Waals surface area contributed by atoms with Gasteiger partial charge in [0.2, 0.25) is 17.2 Å². The Morgan fingerprint density at radius 3 is 2.56 bits per heavy atom. The smallest absolute Gasteiger partial charge is 0.288 e. The number of aromatic nitrogens is 1. The molecule has 3 N–H and O–H groups in total. The number of pyridine rings is 1. The number of carbonyl (C=O) groups is 2. The zero-order valence-corrected chi connectivity index (χ0v) is 19.5. The molecule has 3 heterocycles. The van der Waals surface area contributed by atoms with E-state index in [1.165, 1.54) is 17.3 Å². The van der Waals surface area contributed by atoms with Gasteiger partial charge in [-0.25, -0.2) is 5.01 Å². The molecule has 2 aliphatic heterocycles. The van der Waals surface area contributed by atoms with Crippen molar-refractivity contribution in [3.8, 4) is 6.07 Å². The number of ether oxygens (including phenoxy) is 1. The first kappa shape index (κ1) is 21.8. The van der Waals surface area contributed by atoms with Gasteiger partial charge in [-0.15, -0.1) is 0 Å². The Morgan fingerprint density at radius 2 is 1.83 bits per heavy atom. The quantitative estimate of drug-likeness (QED) is 0.526. The number of nitrogens with zero attached hydrogens (tertiary/aromatic N) is 4. The lowest BCUT2D eigenvalue weighted by molar-refractivity contribution is -0.105. The van der Waals surface area contributed by atoms with E-state index in [0.717, 1.165) is 5.56 Å². The van der Waals surface area contributed by atoms with E-state index < -0.39 is 23.0 Å². The molecule has 1 fully saturated rings. The van der Waals surface area contributed by atoms with E-state index in [-0.39, 0.29) is 28.8 Å². The number of benzene rings is 2. The van der Waals surface area contributed by atoms with Gasteiger partial charge >= 0.3 is 0 Å². The van der Waals surface area contributed by atoms with Crippen LogP contribution < -0.4 is 11.2 Å². The van der Waals surface area contributed by atoms with E-state index in [4.69, 9.17) is 22.7 Å². The third kappa shape index (κ3) is 2.52. The van der Waals surface area contributed by atoms with Gasteiger partial charge in [0.25, 0.3) is 11.6 Å². The van der Waals surface area contributed by atoms with E-state index in [2.05, 4.69) is 16.5 Å². The monoisotopic (exact) mass is 494 g/mol. The molecule has 6 rings (SSSR count). The second-order valence-electron chi connectivity index (χ2n) is 8.53. The summed E-state index contributed by atoms with van der Waals surface area (Å²) in [5.41, 5.74) is 7.28. The average Bonchev–Trinajstić information content (AvgIpc) is 3.38. The highest BCUT2D eigenvalue weighted by Gasteiger charge is 2.82. The van der Waals surface area contributed by atoms with Crippen LogP contribution in [0.15, 0.2) is 90.4 Å². The fourth-order valence-electron chi connectivity index (χ4n) is 5.35. The van der Waals surface area contributed by atoms with Gasteiger partial charge in [-0.05, 0) is 29.9 Å². The van der Waals surface area contributed by atoms with Crippen LogP contribution in [0.4, 0.5) is 0 Å². The number of hydrogen-bond acceptors (Lipinski definition) is 7. The van der Waals surface area contributed by atoms with Crippen molar-refractivity contribution >= 4 is 29.0 Å². The van der Waals surface area contributed by atoms with Crippen LogP contribution in [0.5, 0.6) is 0 Å². The molecule has 1 aliphatic carbocycles. The Bertz CT molecular complexity index is 1520. The lowest BCUT2D eigenvalue weighted by atomic mass is 9.81. The molecule has 1 saturated heterocycles. The first-order valence-corrected chi connectivity index (χ1v) is 11.5. The first-order valence-electron chi connectivity index (χ1n) is 11.1. The van der Waals surface area contributed by atoms with Crippen LogP contribution in [0.25, 0.3) is 0 Å². The maximum Gasteiger partial charge on any atom is 0.288 e. The van der Waals surface area contributed by atoms with E-state index in [1.807, 2.05) is 30.3 Å². The summed E-state index contributed by atoms with van der Waals surface area (Å²) in [6, 6.07) is 23.4. The lowest BCUT2D eigenvalue weighted by Gasteiger charge is -2.38. The minimum Gasteiger partial charge on any atom is -0.444 e. The molecule has 0 unspecified atom stereocenters. The van der Waals surface area contributed by atoms with Crippen molar-refractivity contribution in [1.82, 2.24) is 20.3 Å². The number of hydrogen-bond donors (Lipinski definition) is 2. The Balaban J connectivity index is 1.59. The van der Waals surface area contributed by atoms with Gasteiger partial charge in [0.1, 0.15) is 17.3 Å². The second kappa shape index (κ2) is 7.63. The maximum atomic E-state index is 14.2. The number of rotatable bonds is 4. The number of Topliss-reactive ketones (excluding diaryl/α,β-unsaturated/α-hetero) is 1. The molecule has 176 valence electrons. The molecule has 2 aromatic carbocycles. The molecule has 36 heavy (non-hydrogen) atoms. The standard InChI is InChI=1S/C26H18N6O3S/c27-14-19-22(28)35-26-18-11-5-4-10-17(18)21(33)25(19,26)32(30-23(34)20-12-6-7-13-29-20)24(36)31(26)15-16-8-2-1-3-9-16/h1-13H,15,28H2,(H,30,34)/t25-,26-/m1/s1. The van der Waals surface area contributed by atoms with E-state index >= 15 is 0 Å². The molecular formula is C26H18N6O3S. The molecule has 1 amide bonds. The summed E-state index contributed by atoms with van der Waals surface area (Å²) in [7, 11) is 0. The van der Waals surface area contributed by atoms with Crippen molar-refractivity contribution in [2.24, 2.45) is 5.73 Å². The molecule has 0 spiro atoms. The van der Waals surface area contributed by atoms with Gasteiger partial charge in [0.15, 0.2) is 5.11 Å². The number of hydrazine groups is 1. The topological polar surface area (TPSA) is 125 Å². The molecule has 2 atom stereocenters. The van der Waals surface area contributed by atoms with Crippen molar-refractivity contribution in [3.05, 3.63) is 113 Å². The number of thiocarbonyl (C=S) groups is 1. The van der Waals surface area contributed by atoms with E-state index in [9.17, 15) is 14.9 Å². The molecule has 0 bridgehead atoms. The van der Waals surface area contributed by atoms with Crippen LogP contribution in [0.2, 0.25) is 0 Å². The van der Waals surface area contributed by atoms with Gasteiger partial charge in [0.05, 0.1) is 0 Å². The number of ketones is 1. The highest BCUT2D eigenvalue weighted by molar-refractivity contribution is 7.80. The molecule has 10 heteroatoms. The van der Waals surface area contributed by atoms with Crippen LogP contribution in [-0.4, -0.2) is 37.2 Å². The van der Waals surface area contributed by atoms with Gasteiger partial charge in [-0.1, -0.05) is 60.7 Å². The summed E-state index contributed by atoms with van der Waals surface area (Å²) in [5, 5.41) is 11.6. The fraction of sp³-hybridized carbons (Fsp3) is 0.115. The summed E-state index contributed by atoms with van der Waals surface area (Å²) in [6.07, 6.45) is 1.48. The van der Waals surface area contributed by atoms with Crippen molar-refractivity contribution in [2.75, 3.05) is 0 Å². The summed E-state index contributed by atoms with van der Waals surface area (Å²) >= 11 is 5.86. The van der Waals surface area contributed by atoms with Crippen molar-refractivity contribution in [3.63, 3.8) is 0 Å². The number of amides is 1. The molecular weight excluding hydrogens is 476 g/mol. The van der Waals surface area contributed by atoms with Gasteiger partial charge < -0.3 is 10.5 Å². The normalized spacial score (nSPS) is 23.6. The number of nitriles is 1. The molecule has 3 aromatic rings. The summed E-state index contributed by atoms with van der Waals surface area (Å²) < 4.78 is 6.30. The minimum atomic E-state index is -1.86. The Hall–Kier alpha value is -4.75. The zero-order chi connectivity index (χ0) is 25.1. The number of fused-ring (bicyclic) bond motifs is 1. The first-order chi connectivity index (χ1) is 17.5. The van der Waals surface area contributed by atoms with E-state index in [1.54, 1.807) is 41.3 Å². The Labute approximate surface area is 211 Å². The summed E-state index contributed by atoms with van der Waals surface area (Å²) in [5.74, 6) is -1.25. The van der Waals surface area contributed by atoms with Crippen molar-refractivity contribution < 1.29 is 14.3 Å². The molecule has 1 aromatic heterocycles.